The van der Waals surface area contributed by atoms with Crippen LogP contribution in [0.15, 0.2) is 30.1 Å². The Bertz CT molecular complexity index is 1080. The van der Waals surface area contributed by atoms with Crippen molar-refractivity contribution in [2.45, 2.75) is 44.7 Å². The summed E-state index contributed by atoms with van der Waals surface area (Å²) in [6.07, 6.45) is -0.813. The number of nitrogens with one attached hydrogen (secondary N) is 2. The number of nitrogens with zero attached hydrogens (tertiary/aromatic N) is 6. The molecule has 0 saturated heterocycles. The van der Waals surface area contributed by atoms with Gasteiger partial charge in [0.2, 0.25) is 11.0 Å². The summed E-state index contributed by atoms with van der Waals surface area (Å²) >= 11 is 1.15. The summed E-state index contributed by atoms with van der Waals surface area (Å²) in [5.41, 5.74) is -0.866. The Morgan fingerprint density at radius 3 is 2.74 bits per heavy atom. The first kappa shape index (κ1) is 25.3. The molecule has 0 fully saturated rings. The number of rotatable bonds is 9. The van der Waals surface area contributed by atoms with Crippen molar-refractivity contribution in [3.8, 4) is 0 Å². The topological polar surface area (TPSA) is 118 Å². The number of hydrogen-bond donors (Lipinski definition) is 2. The van der Waals surface area contributed by atoms with Crippen molar-refractivity contribution in [3.63, 3.8) is 0 Å². The Labute approximate surface area is 195 Å². The minimum absolute atomic E-state index is 0.0784. The highest BCUT2D eigenvalue weighted by Gasteiger charge is 2.34. The highest BCUT2D eigenvalue weighted by atomic mass is 32.1. The molecule has 1 aliphatic heterocycles. The lowest BCUT2D eigenvalue weighted by Gasteiger charge is -2.28. The standard InChI is InChI=1S/C19H22F4N8O2S/c1-11(32)25-18-28-27-16(34-18)4-3-13(20)9-31-10-15(26-29-31)17(33)24-8-14-7-12(19(21,22)23)5-6-30(14)2/h5-7,10,13-14H,3-4,8-9H2,1-2H3,(H,24,33)(H,25,28,32). The fourth-order valence-corrected chi connectivity index (χ4v) is 3.79. The maximum absolute atomic E-state index is 14.4. The number of alkyl halides is 4. The smallest absolute Gasteiger partial charge is 0.372 e. The number of allylic oxidation sites excluding steroid dienone is 2. The molecule has 0 aromatic carbocycles. The van der Waals surface area contributed by atoms with Crippen LogP contribution in [0, 0.1) is 0 Å². The first-order valence-electron chi connectivity index (χ1n) is 10.1. The predicted octanol–water partition coefficient (Wildman–Crippen LogP) is 2.11. The van der Waals surface area contributed by atoms with E-state index in [1.54, 1.807) is 7.05 Å². The van der Waals surface area contributed by atoms with Crippen molar-refractivity contribution in [2.24, 2.45) is 0 Å². The number of aryl methyl sites for hydroxylation is 1. The average Bonchev–Trinajstić information content (AvgIpc) is 3.39. The number of halogens is 4. The molecule has 3 heterocycles. The third-order valence-corrected chi connectivity index (χ3v) is 5.66. The van der Waals surface area contributed by atoms with Gasteiger partial charge < -0.3 is 15.5 Å². The Kier molecular flexibility index (Phi) is 7.96. The van der Waals surface area contributed by atoms with Crippen molar-refractivity contribution in [3.05, 3.63) is 40.8 Å². The van der Waals surface area contributed by atoms with Crippen LogP contribution in [0.3, 0.4) is 0 Å². The zero-order chi connectivity index (χ0) is 24.9. The minimum Gasteiger partial charge on any atom is -0.372 e. The second kappa shape index (κ2) is 10.7. The highest BCUT2D eigenvalue weighted by molar-refractivity contribution is 7.15. The number of amides is 2. The van der Waals surface area contributed by atoms with Gasteiger partial charge in [-0.3, -0.25) is 9.59 Å². The third-order valence-electron chi connectivity index (χ3n) is 4.76. The van der Waals surface area contributed by atoms with Crippen LogP contribution in [0.1, 0.15) is 28.8 Å². The molecular formula is C19H22F4N8O2S. The maximum Gasteiger partial charge on any atom is 0.416 e. The SMILES string of the molecule is CC(=O)Nc1nnc(CCC(F)Cn2cc(C(=O)NCC3C=C(C(F)(F)F)C=CN3C)nn2)s1. The van der Waals surface area contributed by atoms with E-state index in [-0.39, 0.29) is 31.1 Å². The van der Waals surface area contributed by atoms with Crippen LogP contribution in [0.2, 0.25) is 0 Å². The first-order chi connectivity index (χ1) is 16.0. The molecule has 2 atom stereocenters. The number of hydrogen-bond acceptors (Lipinski definition) is 8. The largest absolute Gasteiger partial charge is 0.416 e. The molecule has 0 radical (unpaired) electrons. The molecule has 2 unspecified atom stereocenters. The van der Waals surface area contributed by atoms with Gasteiger partial charge >= 0.3 is 6.18 Å². The van der Waals surface area contributed by atoms with Gasteiger partial charge in [-0.1, -0.05) is 16.6 Å². The predicted molar refractivity (Wildman–Crippen MR) is 115 cm³/mol. The van der Waals surface area contributed by atoms with E-state index < -0.39 is 29.9 Å². The second-order valence-electron chi connectivity index (χ2n) is 7.52. The molecule has 0 saturated carbocycles. The van der Waals surface area contributed by atoms with Crippen molar-refractivity contribution < 1.29 is 27.2 Å². The van der Waals surface area contributed by atoms with Crippen LogP contribution in [0.4, 0.5) is 22.7 Å². The van der Waals surface area contributed by atoms with Crippen molar-refractivity contribution in [1.82, 2.24) is 35.4 Å². The third kappa shape index (κ3) is 7.07. The lowest BCUT2D eigenvalue weighted by Crippen LogP contribution is -2.40. The van der Waals surface area contributed by atoms with E-state index >= 15 is 0 Å². The van der Waals surface area contributed by atoms with E-state index in [1.165, 1.54) is 28.9 Å². The number of likely N-dealkylation sites (N-methyl/N-ethyl adjacent to an activating group) is 1. The van der Waals surface area contributed by atoms with Crippen LogP contribution in [0.5, 0.6) is 0 Å². The van der Waals surface area contributed by atoms with Crippen molar-refractivity contribution in [2.75, 3.05) is 18.9 Å². The van der Waals surface area contributed by atoms with Crippen LogP contribution < -0.4 is 10.6 Å². The summed E-state index contributed by atoms with van der Waals surface area (Å²) in [5, 5.41) is 21.0. The van der Waals surface area contributed by atoms with Gasteiger partial charge in [-0.05, 0) is 24.8 Å². The van der Waals surface area contributed by atoms with E-state index in [0.29, 0.717) is 16.6 Å². The highest BCUT2D eigenvalue weighted by Crippen LogP contribution is 2.29. The van der Waals surface area contributed by atoms with Gasteiger partial charge in [0, 0.05) is 26.9 Å². The van der Waals surface area contributed by atoms with Gasteiger partial charge in [0.15, 0.2) is 5.69 Å². The lowest BCUT2D eigenvalue weighted by atomic mass is 10.1. The molecule has 1 aliphatic rings. The zero-order valence-electron chi connectivity index (χ0n) is 18.2. The van der Waals surface area contributed by atoms with Crippen LogP contribution in [-0.4, -0.2) is 73.9 Å². The molecule has 0 bridgehead atoms. The van der Waals surface area contributed by atoms with E-state index in [9.17, 15) is 27.2 Å². The summed E-state index contributed by atoms with van der Waals surface area (Å²) in [5.74, 6) is -0.909. The maximum atomic E-state index is 14.4. The van der Waals surface area contributed by atoms with Gasteiger partial charge in [0.25, 0.3) is 5.91 Å². The molecule has 2 N–H and O–H groups in total. The Morgan fingerprint density at radius 2 is 2.03 bits per heavy atom. The van der Waals surface area contributed by atoms with E-state index in [2.05, 4.69) is 31.1 Å². The minimum atomic E-state index is -4.48. The molecule has 15 heteroatoms. The second-order valence-corrected chi connectivity index (χ2v) is 8.58. The molecule has 2 aromatic rings. The van der Waals surface area contributed by atoms with E-state index in [1.807, 2.05) is 0 Å². The summed E-state index contributed by atoms with van der Waals surface area (Å²) < 4.78 is 54.3. The number of carbonyl (C=O) groups is 2. The zero-order valence-corrected chi connectivity index (χ0v) is 19.0. The summed E-state index contributed by atoms with van der Waals surface area (Å²) in [6.45, 7) is 1.11. The summed E-state index contributed by atoms with van der Waals surface area (Å²) in [4.78, 5) is 24.9. The molecule has 0 aliphatic carbocycles. The molecule has 0 spiro atoms. The van der Waals surface area contributed by atoms with E-state index in [0.717, 1.165) is 23.5 Å². The molecule has 2 aromatic heterocycles. The Hall–Kier alpha value is -3.36. The normalized spacial score (nSPS) is 16.8. The van der Waals surface area contributed by atoms with Gasteiger partial charge in [-0.25, -0.2) is 9.07 Å². The van der Waals surface area contributed by atoms with Gasteiger partial charge in [-0.2, -0.15) is 13.2 Å². The number of aromatic nitrogens is 5. The van der Waals surface area contributed by atoms with Crippen molar-refractivity contribution >= 4 is 28.3 Å². The molecule has 184 valence electrons. The van der Waals surface area contributed by atoms with Crippen LogP contribution in [0.25, 0.3) is 0 Å². The fourth-order valence-electron chi connectivity index (χ4n) is 2.99. The molecule has 10 nitrogen and oxygen atoms in total. The summed E-state index contributed by atoms with van der Waals surface area (Å²) in [7, 11) is 1.59. The average molecular weight is 502 g/mol. The summed E-state index contributed by atoms with van der Waals surface area (Å²) in [6, 6.07) is -0.692. The van der Waals surface area contributed by atoms with E-state index in [4.69, 9.17) is 0 Å². The Balaban J connectivity index is 1.47. The van der Waals surface area contributed by atoms with Crippen molar-refractivity contribution in [1.29, 1.82) is 0 Å². The monoisotopic (exact) mass is 502 g/mol. The lowest BCUT2D eigenvalue weighted by molar-refractivity contribution is -0.114. The van der Waals surface area contributed by atoms with Gasteiger partial charge in [0.05, 0.1) is 24.4 Å². The quantitative estimate of drug-likeness (QED) is 0.505. The van der Waals surface area contributed by atoms with Crippen LogP contribution >= 0.6 is 11.3 Å². The van der Waals surface area contributed by atoms with Crippen LogP contribution in [-0.2, 0) is 17.8 Å². The Morgan fingerprint density at radius 1 is 1.26 bits per heavy atom. The fraction of sp³-hybridized carbons (Fsp3) is 0.474. The number of anilines is 1. The molecule has 2 amide bonds. The van der Waals surface area contributed by atoms with Gasteiger partial charge in [-0.15, -0.1) is 15.3 Å². The first-order valence-corrected chi connectivity index (χ1v) is 10.9. The molecule has 3 rings (SSSR count). The number of carbonyl (C=O) groups excluding carboxylic acids is 2. The molecule has 34 heavy (non-hydrogen) atoms. The molecular weight excluding hydrogens is 480 g/mol. The van der Waals surface area contributed by atoms with Gasteiger partial charge in [0.1, 0.15) is 11.2 Å².